The van der Waals surface area contributed by atoms with E-state index in [-0.39, 0.29) is 0 Å². The van der Waals surface area contributed by atoms with Gasteiger partial charge in [0, 0.05) is 0 Å². The van der Waals surface area contributed by atoms with Gasteiger partial charge in [-0.2, -0.15) is 0 Å². The number of hydrogen-bond donors (Lipinski definition) is 0. The third-order valence-electron chi connectivity index (χ3n) is 0. The maximum absolute atomic E-state index is 4.15. The number of hydrogen-bond acceptors (Lipinski definition) is 3. The number of rotatable bonds is 0. The van der Waals surface area contributed by atoms with Crippen molar-refractivity contribution in [3.63, 3.8) is 0 Å². The summed E-state index contributed by atoms with van der Waals surface area (Å²) in [4.78, 5) is 0. The van der Waals surface area contributed by atoms with Crippen LogP contribution in [-0.4, -0.2) is 0 Å². The molecule has 0 aromatic heterocycles. The summed E-state index contributed by atoms with van der Waals surface area (Å²) in [6.45, 7) is 0. The summed E-state index contributed by atoms with van der Waals surface area (Å²) in [6, 6.07) is 0. The molecule has 0 N–H and O–H groups in total. The van der Waals surface area contributed by atoms with Gasteiger partial charge in [0.15, 0.2) is 0 Å². The summed E-state index contributed by atoms with van der Waals surface area (Å²) in [5.41, 5.74) is 0. The molecule has 0 unspecified atom stereocenters. The molecule has 0 saturated heterocycles. The van der Waals surface area contributed by atoms with E-state index >= 15 is 0 Å². The van der Waals surface area contributed by atoms with Crippen LogP contribution >= 0.6 is 31.9 Å². The van der Waals surface area contributed by atoms with Gasteiger partial charge in [-0.1, -0.05) is 0 Å². The van der Waals surface area contributed by atoms with Gasteiger partial charge in [0.05, 0.1) is 0 Å². The molecule has 0 rings (SSSR count). The first-order valence-corrected chi connectivity index (χ1v) is 4.88. The van der Waals surface area contributed by atoms with Crippen LogP contribution in [0.4, 0.5) is 0 Å². The molecular formula is CoNiS3. The fraction of sp³-hybridized carbons (Fsp3) is 0. The van der Waals surface area contributed by atoms with Gasteiger partial charge in [-0.3, -0.25) is 0 Å². The molecule has 37 valence electrons. The fourth-order valence-corrected chi connectivity index (χ4v) is 0. The molecule has 0 aromatic rings. The third-order valence-corrected chi connectivity index (χ3v) is 0. The minimum atomic E-state index is 0.792. The van der Waals surface area contributed by atoms with Crippen molar-refractivity contribution in [1.29, 1.82) is 0 Å². The van der Waals surface area contributed by atoms with E-state index in [0.717, 1.165) is 11.2 Å². The van der Waals surface area contributed by atoms with Crippen molar-refractivity contribution in [2.75, 3.05) is 0 Å². The summed E-state index contributed by atoms with van der Waals surface area (Å²) in [5.74, 6) is 0. The SMILES string of the molecule is [S]=[Co].[S]=[Ni]=[S]. The summed E-state index contributed by atoms with van der Waals surface area (Å²) >= 11 is 3.94. The standard InChI is InChI=1S/Co.Ni.3S. The molecule has 0 aromatic carbocycles. The molecule has 0 radical (unpaired) electrons. The Kier molecular flexibility index (Phi) is 34.1. The van der Waals surface area contributed by atoms with E-state index in [1.807, 2.05) is 0 Å². The van der Waals surface area contributed by atoms with E-state index in [1.54, 1.807) is 0 Å². The molecular weight excluding hydrogens is 214 g/mol. The molecule has 0 heterocycles. The second-order valence-electron chi connectivity index (χ2n) is 0.0527. The Hall–Kier alpha value is 1.66. The Labute approximate surface area is 56.8 Å². The van der Waals surface area contributed by atoms with Crippen molar-refractivity contribution in [3.8, 4) is 0 Å². The Balaban J connectivity index is 0. The zero-order valence-corrected chi connectivity index (χ0v) is 6.35. The van der Waals surface area contributed by atoms with E-state index in [4.69, 9.17) is 0 Å². The van der Waals surface area contributed by atoms with Crippen LogP contribution in [-0.2, 0) is 25.4 Å². The summed E-state index contributed by atoms with van der Waals surface area (Å²) < 4.78 is 0. The van der Waals surface area contributed by atoms with Gasteiger partial charge in [0.1, 0.15) is 0 Å². The Bertz CT molecular complexity index is 36.2. The molecule has 0 aliphatic rings. The predicted octanol–water partition coefficient (Wildman–Crippen LogP) is 1.94. The van der Waals surface area contributed by atoms with Gasteiger partial charge in [-0.05, 0) is 0 Å². The molecule has 0 bridgehead atoms. The van der Waals surface area contributed by atoms with Crippen LogP contribution in [0.1, 0.15) is 0 Å². The molecule has 0 nitrogen and oxygen atoms in total. The molecule has 0 saturated carbocycles. The average Bonchev–Trinajstić information content (AvgIpc) is 1.46. The average molecular weight is 214 g/mol. The van der Waals surface area contributed by atoms with Crippen LogP contribution in [0, 0.1) is 0 Å². The molecule has 0 atom stereocenters. The van der Waals surface area contributed by atoms with Crippen LogP contribution in [0.3, 0.4) is 0 Å². The van der Waals surface area contributed by atoms with Gasteiger partial charge in [-0.15, -0.1) is 0 Å². The Morgan fingerprint density at radius 3 is 1.20 bits per heavy atom. The van der Waals surface area contributed by atoms with Gasteiger partial charge >= 0.3 is 57.3 Å². The second-order valence-corrected chi connectivity index (χ2v) is 1.96. The zero-order chi connectivity index (χ0) is 4.71. The molecule has 0 amide bonds. The van der Waals surface area contributed by atoms with Crippen molar-refractivity contribution >= 4 is 31.9 Å². The van der Waals surface area contributed by atoms with E-state index in [9.17, 15) is 0 Å². The minimum absolute atomic E-state index is 0.792. The predicted molar refractivity (Wildman–Crippen MR) is 22.8 cm³/mol. The van der Waals surface area contributed by atoms with Gasteiger partial charge in [-0.25, -0.2) is 0 Å². The van der Waals surface area contributed by atoms with Crippen LogP contribution in [0.15, 0.2) is 0 Å². The molecule has 0 aliphatic carbocycles. The first-order chi connectivity index (χ1) is 2.41. The Morgan fingerprint density at radius 2 is 1.20 bits per heavy atom. The Morgan fingerprint density at radius 1 is 1.20 bits per heavy atom. The molecule has 0 fully saturated rings. The monoisotopic (exact) mass is 213 g/mol. The summed E-state index contributed by atoms with van der Waals surface area (Å²) in [5, 5.41) is 0. The van der Waals surface area contributed by atoms with Gasteiger partial charge in [0.25, 0.3) is 0 Å². The van der Waals surface area contributed by atoms with E-state index in [0.29, 0.717) is 0 Å². The third kappa shape index (κ3) is 27.5. The molecule has 0 aliphatic heterocycles. The second kappa shape index (κ2) is 17.4. The van der Waals surface area contributed by atoms with Crippen molar-refractivity contribution in [3.05, 3.63) is 0 Å². The van der Waals surface area contributed by atoms with Gasteiger partial charge in [0.2, 0.25) is 0 Å². The van der Waals surface area contributed by atoms with Crippen LogP contribution in [0.2, 0.25) is 0 Å². The molecule has 0 spiro atoms. The van der Waals surface area contributed by atoms with Crippen molar-refractivity contribution in [2.45, 2.75) is 0 Å². The van der Waals surface area contributed by atoms with Crippen LogP contribution < -0.4 is 0 Å². The van der Waals surface area contributed by atoms with Crippen molar-refractivity contribution in [1.82, 2.24) is 0 Å². The van der Waals surface area contributed by atoms with Crippen LogP contribution in [0.25, 0.3) is 0 Å². The van der Waals surface area contributed by atoms with E-state index in [1.165, 1.54) is 0 Å². The van der Waals surface area contributed by atoms with E-state index < -0.39 is 0 Å². The zero-order valence-electron chi connectivity index (χ0n) is 1.87. The van der Waals surface area contributed by atoms with Crippen molar-refractivity contribution in [2.24, 2.45) is 0 Å². The quantitative estimate of drug-likeness (QED) is 0.565. The first-order valence-electron chi connectivity index (χ1n) is 0.394. The summed E-state index contributed by atoms with van der Waals surface area (Å²) in [6.07, 6.45) is 0. The normalized spacial score (nSPS) is 5.00. The van der Waals surface area contributed by atoms with E-state index in [2.05, 4.69) is 46.0 Å². The molecule has 5 heteroatoms. The summed E-state index contributed by atoms with van der Waals surface area (Å²) in [7, 11) is 12.1. The first kappa shape index (κ1) is 9.83. The van der Waals surface area contributed by atoms with Crippen molar-refractivity contribution < 1.29 is 25.4 Å². The molecule has 5 heavy (non-hydrogen) atoms. The maximum atomic E-state index is 4.15. The fourth-order valence-electron chi connectivity index (χ4n) is 0. The topological polar surface area (TPSA) is 0 Å². The van der Waals surface area contributed by atoms with Crippen LogP contribution in [0.5, 0.6) is 0 Å². The van der Waals surface area contributed by atoms with Gasteiger partial charge < -0.3 is 0 Å².